The fourth-order valence-electron chi connectivity index (χ4n) is 2.13. The van der Waals surface area contributed by atoms with Gasteiger partial charge in [-0.25, -0.2) is 12.8 Å². The third-order valence-electron chi connectivity index (χ3n) is 3.08. The summed E-state index contributed by atoms with van der Waals surface area (Å²) in [6.45, 7) is 0.321. The third kappa shape index (κ3) is 2.36. The largest absolute Gasteiger partial charge is 0.331 e. The molecule has 0 N–H and O–H groups in total. The van der Waals surface area contributed by atoms with Crippen LogP contribution in [0.5, 0.6) is 0 Å². The summed E-state index contributed by atoms with van der Waals surface area (Å²) in [6.07, 6.45) is 5.18. The predicted molar refractivity (Wildman–Crippen MR) is 76.5 cm³/mol. The highest BCUT2D eigenvalue weighted by atomic mass is 35.5. The van der Waals surface area contributed by atoms with Crippen LogP contribution in [0.1, 0.15) is 5.56 Å². The van der Waals surface area contributed by atoms with E-state index in [0.717, 1.165) is 0 Å². The third-order valence-corrected chi connectivity index (χ3v) is 4.56. The Labute approximate surface area is 120 Å². The van der Waals surface area contributed by atoms with Crippen molar-refractivity contribution in [1.29, 1.82) is 0 Å². The van der Waals surface area contributed by atoms with Gasteiger partial charge in [-0.3, -0.25) is 0 Å². The number of sulfonamides is 1. The number of nitrogens with zero attached hydrogens (tertiary/aromatic N) is 2. The van der Waals surface area contributed by atoms with Crippen molar-refractivity contribution in [3.05, 3.63) is 53.0 Å². The van der Waals surface area contributed by atoms with Gasteiger partial charge in [-0.1, -0.05) is 11.6 Å². The summed E-state index contributed by atoms with van der Waals surface area (Å²) >= 11 is 6.08. The predicted octanol–water partition coefficient (Wildman–Crippen LogP) is 2.43. The van der Waals surface area contributed by atoms with Gasteiger partial charge in [-0.05, 0) is 30.4 Å². The molecule has 0 unspecified atom stereocenters. The monoisotopic (exact) mass is 312 g/mol. The second kappa shape index (κ2) is 4.71. The van der Waals surface area contributed by atoms with Crippen LogP contribution in [-0.2, 0) is 10.0 Å². The first-order valence-electron chi connectivity index (χ1n) is 5.90. The Morgan fingerprint density at radius 2 is 2.15 bits per heavy atom. The molecular weight excluding hydrogens is 303 g/mol. The Morgan fingerprint density at radius 3 is 2.95 bits per heavy atom. The lowest BCUT2D eigenvalue weighted by Crippen LogP contribution is -2.37. The zero-order valence-electron chi connectivity index (χ0n) is 10.3. The second-order valence-corrected chi connectivity index (χ2v) is 6.60. The fourth-order valence-corrected chi connectivity index (χ4v) is 3.34. The summed E-state index contributed by atoms with van der Waals surface area (Å²) in [6, 6.07) is 3.96. The van der Waals surface area contributed by atoms with Gasteiger partial charge < -0.3 is 4.90 Å². The molecule has 1 aromatic rings. The Kier molecular flexibility index (Phi) is 3.14. The number of benzene rings is 1. The van der Waals surface area contributed by atoms with Gasteiger partial charge in [0.25, 0.3) is 10.0 Å². The Balaban J connectivity index is 2.17. The van der Waals surface area contributed by atoms with Gasteiger partial charge in [0, 0.05) is 28.9 Å². The van der Waals surface area contributed by atoms with Crippen molar-refractivity contribution in [2.45, 2.75) is 0 Å². The van der Waals surface area contributed by atoms with Crippen molar-refractivity contribution in [3.63, 3.8) is 0 Å². The van der Waals surface area contributed by atoms with E-state index in [9.17, 15) is 12.8 Å². The first-order chi connectivity index (χ1) is 9.46. The molecule has 1 aromatic carbocycles. The normalized spacial score (nSPS) is 20.2. The molecule has 0 bridgehead atoms. The van der Waals surface area contributed by atoms with Crippen molar-refractivity contribution in [3.8, 4) is 0 Å². The number of allylic oxidation sites excluding steroid dienone is 2. The first kappa shape index (κ1) is 13.3. The van der Waals surface area contributed by atoms with Crippen LogP contribution in [0, 0.1) is 5.82 Å². The minimum Gasteiger partial charge on any atom is -0.331 e. The van der Waals surface area contributed by atoms with E-state index in [1.165, 1.54) is 18.2 Å². The molecule has 0 aliphatic carbocycles. The van der Waals surface area contributed by atoms with E-state index in [2.05, 4.69) is 4.40 Å². The van der Waals surface area contributed by atoms with Gasteiger partial charge >= 0.3 is 0 Å². The van der Waals surface area contributed by atoms with Crippen molar-refractivity contribution in [2.24, 2.45) is 4.40 Å². The molecule has 2 aliphatic rings. The molecule has 0 saturated carbocycles. The molecule has 4 nitrogen and oxygen atoms in total. The van der Waals surface area contributed by atoms with E-state index >= 15 is 0 Å². The zero-order chi connectivity index (χ0) is 14.3. The maximum absolute atomic E-state index is 13.4. The van der Waals surface area contributed by atoms with Crippen LogP contribution in [0.3, 0.4) is 0 Å². The summed E-state index contributed by atoms with van der Waals surface area (Å²) in [7, 11) is -3.48. The van der Waals surface area contributed by atoms with Crippen molar-refractivity contribution in [2.75, 3.05) is 12.3 Å². The molecular formula is C13H10ClFN2O2S. The molecule has 0 atom stereocenters. The average Bonchev–Trinajstić information content (AvgIpc) is 2.40. The van der Waals surface area contributed by atoms with Crippen LogP contribution in [0.25, 0.3) is 5.57 Å². The zero-order valence-corrected chi connectivity index (χ0v) is 11.8. The SMILES string of the molecule is O=S1(=O)CCN2C=CC=C(c3cc(F)ccc3Cl)C2=N1. The van der Waals surface area contributed by atoms with E-state index in [-0.39, 0.29) is 11.6 Å². The second-order valence-electron chi connectivity index (χ2n) is 4.44. The number of hydrogen-bond donors (Lipinski definition) is 0. The molecule has 7 heteroatoms. The Hall–Kier alpha value is -1.66. The van der Waals surface area contributed by atoms with Crippen LogP contribution < -0.4 is 0 Å². The van der Waals surface area contributed by atoms with E-state index in [0.29, 0.717) is 22.7 Å². The minimum absolute atomic E-state index is 0.0367. The van der Waals surface area contributed by atoms with E-state index in [4.69, 9.17) is 11.6 Å². The highest BCUT2D eigenvalue weighted by Gasteiger charge is 2.28. The molecule has 3 rings (SSSR count). The van der Waals surface area contributed by atoms with Crippen molar-refractivity contribution < 1.29 is 12.8 Å². The number of rotatable bonds is 1. The van der Waals surface area contributed by atoms with Gasteiger partial charge in [0.1, 0.15) is 5.82 Å². The van der Waals surface area contributed by atoms with Crippen LogP contribution in [0.4, 0.5) is 4.39 Å². The minimum atomic E-state index is -3.48. The van der Waals surface area contributed by atoms with Crippen molar-refractivity contribution in [1.82, 2.24) is 4.90 Å². The number of halogens is 2. The molecule has 2 aliphatic heterocycles. The number of hydrogen-bond acceptors (Lipinski definition) is 3. The standard InChI is InChI=1S/C13H10ClFN2O2S/c14-12-4-3-9(15)8-11(12)10-2-1-5-17-6-7-20(18,19)16-13(10)17/h1-5,8H,6-7H2. The lowest BCUT2D eigenvalue weighted by Gasteiger charge is -2.29. The highest BCUT2D eigenvalue weighted by molar-refractivity contribution is 7.90. The number of fused-ring (bicyclic) bond motifs is 1. The molecule has 0 aromatic heterocycles. The van der Waals surface area contributed by atoms with E-state index < -0.39 is 15.8 Å². The van der Waals surface area contributed by atoms with Crippen LogP contribution in [0.15, 0.2) is 40.9 Å². The molecule has 0 radical (unpaired) electrons. The highest BCUT2D eigenvalue weighted by Crippen LogP contribution is 2.30. The Morgan fingerprint density at radius 1 is 1.35 bits per heavy atom. The maximum atomic E-state index is 13.4. The van der Waals surface area contributed by atoms with E-state index in [1.807, 2.05) is 0 Å². The van der Waals surface area contributed by atoms with Gasteiger partial charge in [0.2, 0.25) is 0 Å². The molecule has 2 heterocycles. The molecule has 0 spiro atoms. The molecule has 0 amide bonds. The summed E-state index contributed by atoms with van der Waals surface area (Å²) in [4.78, 5) is 1.72. The van der Waals surface area contributed by atoms with Crippen LogP contribution in [-0.4, -0.2) is 31.5 Å². The lowest BCUT2D eigenvalue weighted by molar-refractivity contribution is 0.550. The van der Waals surface area contributed by atoms with Crippen molar-refractivity contribution >= 4 is 33.0 Å². The molecule has 20 heavy (non-hydrogen) atoms. The topological polar surface area (TPSA) is 49.7 Å². The van der Waals surface area contributed by atoms with Crippen LogP contribution in [0.2, 0.25) is 5.02 Å². The molecule has 0 fully saturated rings. The maximum Gasteiger partial charge on any atom is 0.256 e. The smallest absolute Gasteiger partial charge is 0.256 e. The fraction of sp³-hybridized carbons (Fsp3) is 0.154. The van der Waals surface area contributed by atoms with Gasteiger partial charge in [-0.2, -0.15) is 0 Å². The Bertz CT molecular complexity index is 769. The number of amidine groups is 1. The van der Waals surface area contributed by atoms with Gasteiger partial charge in [0.05, 0.1) is 5.75 Å². The first-order valence-corrected chi connectivity index (χ1v) is 7.88. The summed E-state index contributed by atoms with van der Waals surface area (Å²) in [5, 5.41) is 0.346. The van der Waals surface area contributed by atoms with E-state index in [1.54, 1.807) is 23.3 Å². The summed E-state index contributed by atoms with van der Waals surface area (Å²) in [5.41, 5.74) is 0.928. The lowest BCUT2D eigenvalue weighted by atomic mass is 10.0. The van der Waals surface area contributed by atoms with Crippen LogP contribution >= 0.6 is 11.6 Å². The summed E-state index contributed by atoms with van der Waals surface area (Å²) in [5.74, 6) is -0.192. The summed E-state index contributed by atoms with van der Waals surface area (Å²) < 4.78 is 40.5. The molecule has 104 valence electrons. The van der Waals surface area contributed by atoms with Gasteiger partial charge in [0.15, 0.2) is 5.84 Å². The quantitative estimate of drug-likeness (QED) is 0.800. The van der Waals surface area contributed by atoms with Gasteiger partial charge in [-0.15, -0.1) is 4.40 Å². The molecule has 0 saturated heterocycles. The average molecular weight is 313 g/mol.